The Labute approximate surface area is 165 Å². The van der Waals surface area contributed by atoms with Gasteiger partial charge in [0.15, 0.2) is 0 Å². The Balaban J connectivity index is 1.88. The third-order valence-corrected chi connectivity index (χ3v) is 6.83. The third-order valence-electron chi connectivity index (χ3n) is 6.83. The zero-order valence-electron chi connectivity index (χ0n) is 17.1. The molecule has 2 aromatic carbocycles. The van der Waals surface area contributed by atoms with Crippen molar-refractivity contribution in [3.8, 4) is 0 Å². The average Bonchev–Trinajstić information content (AvgIpc) is 2.96. The number of amidine groups is 1. The first-order valence-corrected chi connectivity index (χ1v) is 10.0. The monoisotopic (exact) mass is 368 g/mol. The van der Waals surface area contributed by atoms with E-state index in [0.717, 1.165) is 51.1 Å². The number of nitrogens with zero attached hydrogens (tertiary/aromatic N) is 2. The molecule has 2 aliphatic heterocycles. The standard InChI is InChI=1S/C25H24N2O/c1-6-18-15(4)13(2)14(3)16(5)21-23(18)24-26-19-11-7-9-17-10-8-12-20(22(17)19)27(24)25(21)28/h7-13H,6H2,1-5H3. The molecule has 28 heavy (non-hydrogen) atoms. The highest BCUT2D eigenvalue weighted by Crippen LogP contribution is 2.48. The van der Waals surface area contributed by atoms with E-state index in [9.17, 15) is 4.79 Å². The summed E-state index contributed by atoms with van der Waals surface area (Å²) in [5.74, 6) is 1.19. The van der Waals surface area contributed by atoms with Gasteiger partial charge in [-0.3, -0.25) is 9.69 Å². The minimum absolute atomic E-state index is 0.0560. The lowest BCUT2D eigenvalue weighted by Gasteiger charge is -2.27. The van der Waals surface area contributed by atoms with Gasteiger partial charge in [0, 0.05) is 11.0 Å². The van der Waals surface area contributed by atoms with Crippen LogP contribution in [0.3, 0.4) is 0 Å². The van der Waals surface area contributed by atoms with Gasteiger partial charge in [0.05, 0.1) is 16.9 Å². The highest BCUT2D eigenvalue weighted by molar-refractivity contribution is 6.41. The second kappa shape index (κ2) is 5.78. The quantitative estimate of drug-likeness (QED) is 0.586. The maximum atomic E-state index is 13.7. The number of carbonyl (C=O) groups is 1. The molecule has 2 aromatic rings. The number of rotatable bonds is 1. The van der Waals surface area contributed by atoms with Crippen molar-refractivity contribution in [1.82, 2.24) is 0 Å². The molecule has 1 unspecified atom stereocenters. The van der Waals surface area contributed by atoms with E-state index in [1.165, 1.54) is 16.7 Å². The molecular formula is C25H24N2O. The van der Waals surface area contributed by atoms with Crippen LogP contribution in [-0.2, 0) is 4.79 Å². The lowest BCUT2D eigenvalue weighted by molar-refractivity contribution is -0.113. The summed E-state index contributed by atoms with van der Waals surface area (Å²) in [6.07, 6.45) is 0.890. The van der Waals surface area contributed by atoms with Crippen LogP contribution < -0.4 is 4.90 Å². The number of amides is 1. The molecule has 0 fully saturated rings. The first-order valence-electron chi connectivity index (χ1n) is 10.0. The van der Waals surface area contributed by atoms with Crippen LogP contribution in [-0.4, -0.2) is 11.7 Å². The Morgan fingerprint density at radius 2 is 1.71 bits per heavy atom. The Morgan fingerprint density at radius 1 is 1.00 bits per heavy atom. The van der Waals surface area contributed by atoms with Gasteiger partial charge in [0.2, 0.25) is 0 Å². The number of hydrogen-bond donors (Lipinski definition) is 0. The third kappa shape index (κ3) is 1.99. The topological polar surface area (TPSA) is 32.7 Å². The van der Waals surface area contributed by atoms with Crippen molar-refractivity contribution in [3.63, 3.8) is 0 Å². The molecule has 5 rings (SSSR count). The molecule has 0 aromatic heterocycles. The molecule has 1 aliphatic carbocycles. The first kappa shape index (κ1) is 17.2. The summed E-state index contributed by atoms with van der Waals surface area (Å²) < 4.78 is 0. The van der Waals surface area contributed by atoms with Crippen molar-refractivity contribution in [2.75, 3.05) is 4.90 Å². The van der Waals surface area contributed by atoms with Gasteiger partial charge in [-0.05, 0) is 61.8 Å². The fourth-order valence-corrected chi connectivity index (χ4v) is 4.96. The van der Waals surface area contributed by atoms with Gasteiger partial charge in [0.1, 0.15) is 5.84 Å². The van der Waals surface area contributed by atoms with Gasteiger partial charge in [-0.15, -0.1) is 0 Å². The van der Waals surface area contributed by atoms with Gasteiger partial charge in [-0.2, -0.15) is 0 Å². The number of hydrogen-bond acceptors (Lipinski definition) is 2. The Hall–Kier alpha value is -2.94. The Kier molecular flexibility index (Phi) is 3.54. The molecule has 0 N–H and O–H groups in total. The smallest absolute Gasteiger partial charge is 0.265 e. The number of carbonyl (C=O) groups excluding carboxylic acids is 1. The van der Waals surface area contributed by atoms with E-state index in [1.54, 1.807) is 0 Å². The van der Waals surface area contributed by atoms with Gasteiger partial charge in [0.25, 0.3) is 5.91 Å². The van der Waals surface area contributed by atoms with Crippen molar-refractivity contribution in [2.45, 2.75) is 41.0 Å². The fraction of sp³-hybridized carbons (Fsp3) is 0.280. The summed E-state index contributed by atoms with van der Waals surface area (Å²) in [6.45, 7) is 10.9. The van der Waals surface area contributed by atoms with E-state index in [1.807, 2.05) is 23.1 Å². The zero-order chi connectivity index (χ0) is 19.7. The number of anilines is 1. The molecule has 140 valence electrons. The molecule has 3 nitrogen and oxygen atoms in total. The van der Waals surface area contributed by atoms with Crippen LogP contribution >= 0.6 is 0 Å². The Bertz CT molecular complexity index is 1200. The molecule has 3 aliphatic rings. The lowest BCUT2D eigenvalue weighted by atomic mass is 9.88. The van der Waals surface area contributed by atoms with Crippen molar-refractivity contribution in [2.24, 2.45) is 10.9 Å². The zero-order valence-corrected chi connectivity index (χ0v) is 17.1. The average molecular weight is 368 g/mol. The van der Waals surface area contributed by atoms with Crippen molar-refractivity contribution in [3.05, 3.63) is 69.8 Å². The summed E-state index contributed by atoms with van der Waals surface area (Å²) >= 11 is 0. The molecule has 0 bridgehead atoms. The molecule has 0 saturated carbocycles. The van der Waals surface area contributed by atoms with Gasteiger partial charge in [-0.1, -0.05) is 49.3 Å². The van der Waals surface area contributed by atoms with Crippen molar-refractivity contribution in [1.29, 1.82) is 0 Å². The van der Waals surface area contributed by atoms with E-state index >= 15 is 0 Å². The van der Waals surface area contributed by atoms with Crippen LogP contribution in [0.5, 0.6) is 0 Å². The van der Waals surface area contributed by atoms with Crippen LogP contribution in [0.2, 0.25) is 0 Å². The second-order valence-electron chi connectivity index (χ2n) is 8.02. The predicted molar refractivity (Wildman–Crippen MR) is 116 cm³/mol. The molecular weight excluding hydrogens is 344 g/mol. The molecule has 3 heteroatoms. The van der Waals surface area contributed by atoms with Crippen molar-refractivity contribution < 1.29 is 4.79 Å². The molecule has 0 spiro atoms. The van der Waals surface area contributed by atoms with Gasteiger partial charge >= 0.3 is 0 Å². The molecule has 1 atom stereocenters. The van der Waals surface area contributed by atoms with Crippen LogP contribution in [0.4, 0.5) is 11.4 Å². The minimum atomic E-state index is 0.0560. The summed E-state index contributed by atoms with van der Waals surface area (Å²) in [7, 11) is 0. The summed E-state index contributed by atoms with van der Waals surface area (Å²) in [5, 5.41) is 2.18. The van der Waals surface area contributed by atoms with E-state index < -0.39 is 0 Å². The number of benzene rings is 2. The van der Waals surface area contributed by atoms with E-state index in [4.69, 9.17) is 4.99 Å². The maximum Gasteiger partial charge on any atom is 0.265 e. The van der Waals surface area contributed by atoms with Gasteiger partial charge in [-0.25, -0.2) is 4.99 Å². The largest absolute Gasteiger partial charge is 0.268 e. The molecule has 2 heterocycles. The van der Waals surface area contributed by atoms with Crippen LogP contribution in [0.25, 0.3) is 10.8 Å². The molecule has 0 saturated heterocycles. The summed E-state index contributed by atoms with van der Waals surface area (Å²) in [5.41, 5.74) is 8.76. The number of allylic oxidation sites excluding steroid dienone is 2. The SMILES string of the molecule is CCC1=C(C)C(C)C(C)=C(C)C2=C1C1=Nc3cccc4cccc(c34)N1C2=O. The number of aliphatic imine (C=N–C) groups is 1. The molecule has 0 radical (unpaired) electrons. The van der Waals surface area contributed by atoms with Crippen LogP contribution in [0, 0.1) is 5.92 Å². The van der Waals surface area contributed by atoms with E-state index in [-0.39, 0.29) is 5.91 Å². The molecule has 1 amide bonds. The fourth-order valence-electron chi connectivity index (χ4n) is 4.96. The first-order chi connectivity index (χ1) is 13.5. The number of fused-ring (bicyclic) bond motifs is 3. The Morgan fingerprint density at radius 3 is 2.43 bits per heavy atom. The highest BCUT2D eigenvalue weighted by atomic mass is 16.2. The van der Waals surface area contributed by atoms with E-state index in [2.05, 4.69) is 52.8 Å². The van der Waals surface area contributed by atoms with Crippen LogP contribution in [0.1, 0.15) is 41.0 Å². The van der Waals surface area contributed by atoms with E-state index in [0.29, 0.717) is 5.92 Å². The van der Waals surface area contributed by atoms with Crippen LogP contribution in [0.15, 0.2) is 74.8 Å². The predicted octanol–water partition coefficient (Wildman–Crippen LogP) is 6.24. The van der Waals surface area contributed by atoms with Crippen molar-refractivity contribution >= 4 is 33.9 Å². The maximum absolute atomic E-state index is 13.7. The van der Waals surface area contributed by atoms with Gasteiger partial charge < -0.3 is 0 Å². The summed E-state index contributed by atoms with van der Waals surface area (Å²) in [6, 6.07) is 12.3. The minimum Gasteiger partial charge on any atom is -0.268 e. The second-order valence-corrected chi connectivity index (χ2v) is 8.02. The summed E-state index contributed by atoms with van der Waals surface area (Å²) in [4.78, 5) is 20.6. The highest BCUT2D eigenvalue weighted by Gasteiger charge is 2.43. The lowest BCUT2D eigenvalue weighted by Crippen LogP contribution is -2.34. The normalized spacial score (nSPS) is 21.3.